The monoisotopic (exact) mass is 382 g/mol. The normalized spacial score (nSPS) is 23.7. The highest BCUT2D eigenvalue weighted by Gasteiger charge is 2.29. The van der Waals surface area contributed by atoms with Crippen LogP contribution < -0.4 is 20.3 Å². The Kier molecular flexibility index (Phi) is 5.90. The van der Waals surface area contributed by atoms with Gasteiger partial charge in [-0.25, -0.2) is 0 Å². The third-order valence-corrected chi connectivity index (χ3v) is 6.66. The minimum Gasteiger partial charge on any atom is -0.489 e. The lowest BCUT2D eigenvalue weighted by molar-refractivity contribution is 0.118. The number of hydrogen-bond donors (Lipinski definition) is 3. The van der Waals surface area contributed by atoms with Gasteiger partial charge >= 0.3 is 0 Å². The van der Waals surface area contributed by atoms with Crippen LogP contribution in [0.5, 0.6) is 5.75 Å². The van der Waals surface area contributed by atoms with E-state index in [0.29, 0.717) is 18.2 Å². The van der Waals surface area contributed by atoms with Crippen LogP contribution in [0.25, 0.3) is 5.70 Å². The number of allylic oxidation sites excluding steroid dienone is 1. The summed E-state index contributed by atoms with van der Waals surface area (Å²) in [5.74, 6) is 1.05. The first kappa shape index (κ1) is 19.3. The standard InChI is InChI=1S/C23H34N4O/c1-16-6-7-20-22(27(16)2)9-8-19(23(20)28-18-4-3-5-18)21(10-13-24)26-17-11-14-25-15-12-17/h8-10,13,16-18,24-26H,3-7,11-12,14-15H2,1-2H3/b21-10-,24-13?. The lowest BCUT2D eigenvalue weighted by Crippen LogP contribution is -2.39. The lowest BCUT2D eigenvalue weighted by atomic mass is 9.91. The molecule has 2 heterocycles. The van der Waals surface area contributed by atoms with E-state index in [1.54, 1.807) is 0 Å². The van der Waals surface area contributed by atoms with Crippen LogP contribution in [0.15, 0.2) is 18.2 Å². The SMILES string of the molecule is CC1CCc2c(ccc(/C(=C/C=N)NC3CCNCC3)c2OC2CCC2)N1C. The Morgan fingerprint density at radius 3 is 2.68 bits per heavy atom. The van der Waals surface area contributed by atoms with Crippen LogP contribution in [0.4, 0.5) is 5.69 Å². The van der Waals surface area contributed by atoms with Crippen molar-refractivity contribution in [3.05, 3.63) is 29.3 Å². The van der Waals surface area contributed by atoms with Gasteiger partial charge in [0.15, 0.2) is 0 Å². The molecule has 0 spiro atoms. The molecule has 5 nitrogen and oxygen atoms in total. The zero-order valence-corrected chi connectivity index (χ0v) is 17.3. The maximum Gasteiger partial charge on any atom is 0.134 e. The summed E-state index contributed by atoms with van der Waals surface area (Å²) in [4.78, 5) is 2.39. The summed E-state index contributed by atoms with van der Waals surface area (Å²) in [6, 6.07) is 5.45. The first-order valence-corrected chi connectivity index (χ1v) is 10.9. The lowest BCUT2D eigenvalue weighted by Gasteiger charge is -2.37. The van der Waals surface area contributed by atoms with Gasteiger partial charge in [-0.1, -0.05) is 0 Å². The second-order valence-corrected chi connectivity index (χ2v) is 8.52. The van der Waals surface area contributed by atoms with Crippen molar-refractivity contribution in [2.75, 3.05) is 25.0 Å². The zero-order valence-electron chi connectivity index (χ0n) is 17.3. The maximum atomic E-state index is 7.70. The highest BCUT2D eigenvalue weighted by molar-refractivity contribution is 5.85. The summed E-state index contributed by atoms with van der Waals surface area (Å²) in [7, 11) is 2.19. The molecule has 1 saturated carbocycles. The van der Waals surface area contributed by atoms with Crippen molar-refractivity contribution >= 4 is 17.6 Å². The van der Waals surface area contributed by atoms with Gasteiger partial charge in [0.1, 0.15) is 5.75 Å². The van der Waals surface area contributed by atoms with Gasteiger partial charge in [0, 0.05) is 47.9 Å². The number of fused-ring (bicyclic) bond motifs is 1. The molecule has 3 N–H and O–H groups in total. The van der Waals surface area contributed by atoms with Gasteiger partial charge < -0.3 is 25.7 Å². The number of ether oxygens (including phenoxy) is 1. The Bertz CT molecular complexity index is 734. The second-order valence-electron chi connectivity index (χ2n) is 8.52. The van der Waals surface area contributed by atoms with Crippen LogP contribution in [0.3, 0.4) is 0 Å². The molecule has 152 valence electrons. The Hall–Kier alpha value is -2.01. The van der Waals surface area contributed by atoms with E-state index < -0.39 is 0 Å². The Morgan fingerprint density at radius 1 is 1.21 bits per heavy atom. The molecular formula is C23H34N4O. The molecule has 2 fully saturated rings. The van der Waals surface area contributed by atoms with Crippen molar-refractivity contribution in [3.8, 4) is 5.75 Å². The number of piperidine rings is 1. The summed E-state index contributed by atoms with van der Waals surface area (Å²) in [6.07, 6.45) is 11.6. The molecule has 5 heteroatoms. The molecule has 1 atom stereocenters. The van der Waals surface area contributed by atoms with Crippen molar-refractivity contribution in [2.24, 2.45) is 0 Å². The van der Waals surface area contributed by atoms with Crippen LogP contribution >= 0.6 is 0 Å². The largest absolute Gasteiger partial charge is 0.489 e. The van der Waals surface area contributed by atoms with Crippen molar-refractivity contribution < 1.29 is 4.74 Å². The van der Waals surface area contributed by atoms with Crippen LogP contribution in [0.1, 0.15) is 56.6 Å². The van der Waals surface area contributed by atoms with E-state index in [1.165, 1.54) is 23.9 Å². The van der Waals surface area contributed by atoms with Gasteiger partial charge in [-0.15, -0.1) is 0 Å². The number of anilines is 1. The molecule has 1 aromatic rings. The molecule has 1 unspecified atom stereocenters. The Balaban J connectivity index is 1.71. The number of hydrogen-bond acceptors (Lipinski definition) is 5. The Labute approximate surface area is 169 Å². The number of benzene rings is 1. The molecule has 0 bridgehead atoms. The van der Waals surface area contributed by atoms with E-state index >= 15 is 0 Å². The van der Waals surface area contributed by atoms with Crippen LogP contribution in [0.2, 0.25) is 0 Å². The first-order chi connectivity index (χ1) is 13.7. The Morgan fingerprint density at radius 2 is 2.00 bits per heavy atom. The van der Waals surface area contributed by atoms with Gasteiger partial charge in [-0.3, -0.25) is 0 Å². The molecule has 3 aliphatic rings. The second kappa shape index (κ2) is 8.56. The van der Waals surface area contributed by atoms with E-state index in [4.69, 9.17) is 10.1 Å². The molecule has 28 heavy (non-hydrogen) atoms. The summed E-state index contributed by atoms with van der Waals surface area (Å²) in [6.45, 7) is 4.39. The van der Waals surface area contributed by atoms with E-state index in [0.717, 1.165) is 68.6 Å². The fourth-order valence-electron chi connectivity index (χ4n) is 4.46. The predicted molar refractivity (Wildman–Crippen MR) is 117 cm³/mol. The fraction of sp³-hybridized carbons (Fsp3) is 0.609. The van der Waals surface area contributed by atoms with Crippen molar-refractivity contribution in [1.82, 2.24) is 10.6 Å². The molecule has 1 aromatic carbocycles. The number of rotatable bonds is 6. The molecule has 4 rings (SSSR count). The third kappa shape index (κ3) is 3.90. The van der Waals surface area contributed by atoms with Crippen LogP contribution in [-0.2, 0) is 6.42 Å². The summed E-state index contributed by atoms with van der Waals surface area (Å²) in [5, 5.41) is 14.9. The maximum absolute atomic E-state index is 7.70. The van der Waals surface area contributed by atoms with Gasteiger partial charge in [-0.2, -0.15) is 0 Å². The molecule has 1 saturated heterocycles. The molecule has 0 aromatic heterocycles. The molecule has 2 aliphatic heterocycles. The smallest absolute Gasteiger partial charge is 0.134 e. The van der Waals surface area contributed by atoms with Gasteiger partial charge in [0.2, 0.25) is 0 Å². The summed E-state index contributed by atoms with van der Waals surface area (Å²) >= 11 is 0. The van der Waals surface area contributed by atoms with E-state index in [1.807, 2.05) is 6.08 Å². The quantitative estimate of drug-likeness (QED) is 0.656. The average molecular weight is 383 g/mol. The van der Waals surface area contributed by atoms with Crippen LogP contribution in [-0.4, -0.2) is 44.5 Å². The first-order valence-electron chi connectivity index (χ1n) is 10.9. The summed E-state index contributed by atoms with van der Waals surface area (Å²) < 4.78 is 6.58. The molecule has 1 aliphatic carbocycles. The highest BCUT2D eigenvalue weighted by Crippen LogP contribution is 2.42. The minimum atomic E-state index is 0.343. The van der Waals surface area contributed by atoms with Gasteiger partial charge in [-0.05, 0) is 83.2 Å². The number of nitrogens with one attached hydrogen (secondary N) is 3. The summed E-state index contributed by atoms with van der Waals surface area (Å²) in [5.41, 5.74) is 4.79. The minimum absolute atomic E-state index is 0.343. The topological polar surface area (TPSA) is 60.4 Å². The van der Waals surface area contributed by atoms with E-state index in [9.17, 15) is 0 Å². The molecular weight excluding hydrogens is 348 g/mol. The van der Waals surface area contributed by atoms with Gasteiger partial charge in [0.05, 0.1) is 6.10 Å². The fourth-order valence-corrected chi connectivity index (χ4v) is 4.46. The highest BCUT2D eigenvalue weighted by atomic mass is 16.5. The van der Waals surface area contributed by atoms with E-state index in [-0.39, 0.29) is 0 Å². The average Bonchev–Trinajstić information content (AvgIpc) is 2.68. The molecule has 0 amide bonds. The van der Waals surface area contributed by atoms with Crippen molar-refractivity contribution in [2.45, 2.75) is 70.1 Å². The zero-order chi connectivity index (χ0) is 19.5. The van der Waals surface area contributed by atoms with Gasteiger partial charge in [0.25, 0.3) is 0 Å². The molecule has 0 radical (unpaired) electrons. The van der Waals surface area contributed by atoms with Crippen molar-refractivity contribution in [3.63, 3.8) is 0 Å². The third-order valence-electron chi connectivity index (χ3n) is 6.66. The van der Waals surface area contributed by atoms with E-state index in [2.05, 4.69) is 41.6 Å². The van der Waals surface area contributed by atoms with Crippen molar-refractivity contribution in [1.29, 1.82) is 5.41 Å². The number of nitrogens with zero attached hydrogens (tertiary/aromatic N) is 1. The predicted octanol–water partition coefficient (Wildman–Crippen LogP) is 3.72. The van der Waals surface area contributed by atoms with Crippen LogP contribution in [0, 0.1) is 5.41 Å².